The van der Waals surface area contributed by atoms with E-state index in [9.17, 15) is 22.8 Å². The molecule has 1 N–H and O–H groups in total. The Hall–Kier alpha value is -2.84. The number of halogens is 3. The summed E-state index contributed by atoms with van der Waals surface area (Å²) in [6.07, 6.45) is 0.421. The van der Waals surface area contributed by atoms with Crippen LogP contribution in [0.3, 0.4) is 0 Å². The number of amides is 2. The molecule has 2 amide bonds. The van der Waals surface area contributed by atoms with Crippen LogP contribution in [0, 0.1) is 0 Å². The van der Waals surface area contributed by atoms with Gasteiger partial charge in [-0.15, -0.1) is 0 Å². The number of alkyl halides is 3. The number of hydrogen-bond acceptors (Lipinski definition) is 3. The van der Waals surface area contributed by atoms with E-state index in [1.807, 2.05) is 0 Å². The third kappa shape index (κ3) is 4.96. The van der Waals surface area contributed by atoms with E-state index in [-0.39, 0.29) is 30.4 Å². The molecule has 9 heteroatoms. The van der Waals surface area contributed by atoms with Gasteiger partial charge in [-0.2, -0.15) is 18.3 Å². The lowest BCUT2D eigenvalue weighted by Crippen LogP contribution is -2.35. The van der Waals surface area contributed by atoms with E-state index < -0.39 is 11.9 Å². The van der Waals surface area contributed by atoms with Gasteiger partial charge in [0.25, 0.3) is 5.91 Å². The lowest BCUT2D eigenvalue weighted by molar-refractivity contribution is -0.142. The number of carbonyl (C=O) groups excluding carboxylic acids is 2. The number of carbonyl (C=O) groups is 2. The van der Waals surface area contributed by atoms with Gasteiger partial charge in [-0.05, 0) is 49.4 Å². The van der Waals surface area contributed by atoms with E-state index in [0.29, 0.717) is 12.1 Å². The number of aromatic nitrogens is 2. The van der Waals surface area contributed by atoms with Gasteiger partial charge >= 0.3 is 6.18 Å². The van der Waals surface area contributed by atoms with Crippen molar-refractivity contribution in [1.82, 2.24) is 20.0 Å². The topological polar surface area (TPSA) is 67.2 Å². The summed E-state index contributed by atoms with van der Waals surface area (Å²) >= 11 is 0. The molecule has 0 spiro atoms. The monoisotopic (exact) mass is 406 g/mol. The van der Waals surface area contributed by atoms with Crippen molar-refractivity contribution in [3.05, 3.63) is 53.3 Å². The first-order valence-electron chi connectivity index (χ1n) is 9.59. The molecule has 2 fully saturated rings. The average molecular weight is 406 g/mol. The number of hydrogen-bond donors (Lipinski definition) is 1. The first-order chi connectivity index (χ1) is 13.8. The summed E-state index contributed by atoms with van der Waals surface area (Å²) in [5.41, 5.74) is 0.425. The van der Waals surface area contributed by atoms with Crippen LogP contribution in [0.5, 0.6) is 0 Å². The summed E-state index contributed by atoms with van der Waals surface area (Å²) in [5, 5.41) is 6.37. The van der Waals surface area contributed by atoms with E-state index in [2.05, 4.69) is 10.4 Å². The Morgan fingerprint density at radius 3 is 2.34 bits per heavy atom. The van der Waals surface area contributed by atoms with Gasteiger partial charge in [-0.25, -0.2) is 0 Å². The summed E-state index contributed by atoms with van der Waals surface area (Å²) in [5.74, 6) is -0.381. The van der Waals surface area contributed by atoms with Gasteiger partial charge in [0.2, 0.25) is 5.91 Å². The predicted octanol–water partition coefficient (Wildman–Crippen LogP) is 2.99. The molecule has 1 aromatic heterocycles. The van der Waals surface area contributed by atoms with Crippen LogP contribution >= 0.6 is 0 Å². The molecule has 6 nitrogen and oxygen atoms in total. The van der Waals surface area contributed by atoms with Crippen LogP contribution < -0.4 is 5.32 Å². The zero-order valence-electron chi connectivity index (χ0n) is 15.7. The highest BCUT2D eigenvalue weighted by Crippen LogP contribution is 2.30. The molecule has 2 aromatic rings. The molecule has 2 aliphatic rings. The minimum atomic E-state index is -4.53. The first kappa shape index (κ1) is 19.5. The third-order valence-electron chi connectivity index (χ3n) is 5.02. The van der Waals surface area contributed by atoms with Gasteiger partial charge in [0.1, 0.15) is 6.54 Å². The van der Waals surface area contributed by atoms with Crippen LogP contribution in [0.15, 0.2) is 36.5 Å². The van der Waals surface area contributed by atoms with Crippen molar-refractivity contribution in [2.45, 2.75) is 57.0 Å². The molecule has 2 saturated carbocycles. The van der Waals surface area contributed by atoms with Crippen molar-refractivity contribution in [3.63, 3.8) is 0 Å². The van der Waals surface area contributed by atoms with Crippen molar-refractivity contribution < 1.29 is 22.8 Å². The maximum Gasteiger partial charge on any atom is 0.435 e. The summed E-state index contributed by atoms with van der Waals surface area (Å²) in [6, 6.07) is 8.31. The minimum Gasteiger partial charge on any atom is -0.349 e. The molecule has 0 aliphatic heterocycles. The SMILES string of the molecule is O=C(NC1CC1)c1ccc(CN(C(=O)Cn2ccc(C(F)(F)F)n2)C2CC2)cc1. The lowest BCUT2D eigenvalue weighted by atomic mass is 10.1. The Balaban J connectivity index is 1.39. The Labute approximate surface area is 165 Å². The molecule has 0 saturated heterocycles. The molecular formula is C20H21F3N4O2. The van der Waals surface area contributed by atoms with E-state index >= 15 is 0 Å². The molecule has 4 rings (SSSR count). The van der Waals surface area contributed by atoms with Crippen molar-refractivity contribution in [1.29, 1.82) is 0 Å². The second kappa shape index (κ2) is 7.53. The smallest absolute Gasteiger partial charge is 0.349 e. The Morgan fingerprint density at radius 2 is 1.79 bits per heavy atom. The van der Waals surface area contributed by atoms with Gasteiger partial charge in [0, 0.05) is 30.4 Å². The molecular weight excluding hydrogens is 385 g/mol. The lowest BCUT2D eigenvalue weighted by Gasteiger charge is -2.22. The summed E-state index contributed by atoms with van der Waals surface area (Å²) in [6.45, 7) is 0.107. The summed E-state index contributed by atoms with van der Waals surface area (Å²) < 4.78 is 39.1. The Morgan fingerprint density at radius 1 is 1.10 bits per heavy atom. The van der Waals surface area contributed by atoms with Crippen LogP contribution in [0.1, 0.15) is 47.3 Å². The fourth-order valence-corrected chi connectivity index (χ4v) is 3.09. The van der Waals surface area contributed by atoms with Crippen molar-refractivity contribution in [3.8, 4) is 0 Å². The normalized spacial score (nSPS) is 16.5. The van der Waals surface area contributed by atoms with Gasteiger partial charge in [-0.1, -0.05) is 12.1 Å². The molecule has 2 aliphatic carbocycles. The fraction of sp³-hybridized carbons (Fsp3) is 0.450. The highest BCUT2D eigenvalue weighted by molar-refractivity contribution is 5.94. The van der Waals surface area contributed by atoms with Crippen LogP contribution in [0.25, 0.3) is 0 Å². The number of nitrogens with one attached hydrogen (secondary N) is 1. The van der Waals surface area contributed by atoms with E-state index in [0.717, 1.165) is 42.0 Å². The maximum atomic E-state index is 12.7. The van der Waals surface area contributed by atoms with E-state index in [1.165, 1.54) is 6.20 Å². The van der Waals surface area contributed by atoms with Crippen molar-refractivity contribution >= 4 is 11.8 Å². The van der Waals surface area contributed by atoms with Crippen LogP contribution in [-0.4, -0.2) is 38.6 Å². The van der Waals surface area contributed by atoms with Crippen molar-refractivity contribution in [2.24, 2.45) is 0 Å². The molecule has 1 aromatic carbocycles. The maximum absolute atomic E-state index is 12.7. The predicted molar refractivity (Wildman–Crippen MR) is 97.7 cm³/mol. The fourth-order valence-electron chi connectivity index (χ4n) is 3.09. The third-order valence-corrected chi connectivity index (χ3v) is 5.02. The quantitative estimate of drug-likeness (QED) is 0.769. The van der Waals surface area contributed by atoms with Gasteiger partial charge in [-0.3, -0.25) is 14.3 Å². The first-order valence-corrected chi connectivity index (χ1v) is 9.59. The molecule has 0 unspecified atom stereocenters. The Bertz CT molecular complexity index is 899. The number of rotatable bonds is 7. The molecule has 29 heavy (non-hydrogen) atoms. The zero-order chi connectivity index (χ0) is 20.6. The standard InChI is InChI=1S/C20H21F3N4O2/c21-20(22,23)17-9-10-26(25-17)12-18(28)27(16-7-8-16)11-13-1-3-14(4-2-13)19(29)24-15-5-6-15/h1-4,9-10,15-16H,5-8,11-12H2,(H,24,29). The highest BCUT2D eigenvalue weighted by atomic mass is 19.4. The second-order valence-electron chi connectivity index (χ2n) is 7.59. The largest absolute Gasteiger partial charge is 0.435 e. The van der Waals surface area contributed by atoms with Gasteiger partial charge < -0.3 is 10.2 Å². The summed E-state index contributed by atoms with van der Waals surface area (Å²) in [4.78, 5) is 26.4. The zero-order valence-corrected chi connectivity index (χ0v) is 15.7. The van der Waals surface area contributed by atoms with Crippen molar-refractivity contribution in [2.75, 3.05) is 0 Å². The molecule has 0 bridgehead atoms. The van der Waals surface area contributed by atoms with Crippen LogP contribution in [0.2, 0.25) is 0 Å². The highest BCUT2D eigenvalue weighted by Gasteiger charge is 2.35. The van der Waals surface area contributed by atoms with Crippen LogP contribution in [0.4, 0.5) is 13.2 Å². The summed E-state index contributed by atoms with van der Waals surface area (Å²) in [7, 11) is 0. The molecule has 0 atom stereocenters. The Kier molecular flexibility index (Phi) is 5.06. The average Bonchev–Trinajstić information content (AvgIpc) is 3.60. The van der Waals surface area contributed by atoms with Gasteiger partial charge in [0.15, 0.2) is 5.69 Å². The molecule has 0 radical (unpaired) electrons. The van der Waals surface area contributed by atoms with Gasteiger partial charge in [0.05, 0.1) is 0 Å². The second-order valence-corrected chi connectivity index (χ2v) is 7.59. The molecule has 154 valence electrons. The van der Waals surface area contributed by atoms with E-state index in [1.54, 1.807) is 29.2 Å². The number of benzene rings is 1. The minimum absolute atomic E-state index is 0.0954. The number of nitrogens with zero attached hydrogens (tertiary/aromatic N) is 3. The van der Waals surface area contributed by atoms with E-state index in [4.69, 9.17) is 0 Å². The molecule has 1 heterocycles. The van der Waals surface area contributed by atoms with Crippen LogP contribution in [-0.2, 0) is 24.1 Å².